The van der Waals surface area contributed by atoms with E-state index in [2.05, 4.69) is 10.3 Å². The quantitative estimate of drug-likeness (QED) is 0.847. The SMILES string of the molecule is O=C(NCc1ccccc1)c1ccnc(F)c1F. The number of nitrogens with zero attached hydrogens (tertiary/aromatic N) is 1. The molecular weight excluding hydrogens is 238 g/mol. The van der Waals surface area contributed by atoms with Crippen LogP contribution in [0, 0.1) is 11.8 Å². The van der Waals surface area contributed by atoms with Gasteiger partial charge in [0.15, 0.2) is 5.82 Å². The highest BCUT2D eigenvalue weighted by Gasteiger charge is 2.15. The van der Waals surface area contributed by atoms with Gasteiger partial charge in [-0.2, -0.15) is 4.39 Å². The Morgan fingerprint density at radius 3 is 2.61 bits per heavy atom. The van der Waals surface area contributed by atoms with Gasteiger partial charge in [0, 0.05) is 12.7 Å². The van der Waals surface area contributed by atoms with Crippen molar-refractivity contribution in [2.24, 2.45) is 0 Å². The molecule has 0 bridgehead atoms. The molecule has 18 heavy (non-hydrogen) atoms. The predicted octanol–water partition coefficient (Wildman–Crippen LogP) is 2.29. The Bertz CT molecular complexity index is 558. The standard InChI is InChI=1S/C13H10F2N2O/c14-11-10(6-7-16-12(11)15)13(18)17-8-9-4-2-1-3-5-9/h1-7H,8H2,(H,17,18). The van der Waals surface area contributed by atoms with E-state index >= 15 is 0 Å². The molecule has 0 aliphatic carbocycles. The molecule has 2 aromatic rings. The molecule has 1 aromatic carbocycles. The molecule has 1 aromatic heterocycles. The van der Waals surface area contributed by atoms with E-state index in [1.807, 2.05) is 30.3 Å². The van der Waals surface area contributed by atoms with Crippen LogP contribution in [0.4, 0.5) is 8.78 Å². The van der Waals surface area contributed by atoms with Crippen molar-refractivity contribution in [2.75, 3.05) is 0 Å². The van der Waals surface area contributed by atoms with Gasteiger partial charge in [-0.1, -0.05) is 30.3 Å². The number of halogens is 2. The molecule has 0 radical (unpaired) electrons. The van der Waals surface area contributed by atoms with Crippen LogP contribution in [0.25, 0.3) is 0 Å². The van der Waals surface area contributed by atoms with Crippen molar-refractivity contribution in [3.63, 3.8) is 0 Å². The number of carbonyl (C=O) groups is 1. The lowest BCUT2D eigenvalue weighted by atomic mass is 10.2. The van der Waals surface area contributed by atoms with E-state index in [4.69, 9.17) is 0 Å². The summed E-state index contributed by atoms with van der Waals surface area (Å²) in [6.45, 7) is 0.253. The Morgan fingerprint density at radius 2 is 1.89 bits per heavy atom. The number of aromatic nitrogens is 1. The fraction of sp³-hybridized carbons (Fsp3) is 0.0769. The van der Waals surface area contributed by atoms with Crippen molar-refractivity contribution in [1.82, 2.24) is 10.3 Å². The highest BCUT2D eigenvalue weighted by atomic mass is 19.2. The second-order valence-corrected chi connectivity index (χ2v) is 3.63. The van der Waals surface area contributed by atoms with Crippen molar-refractivity contribution in [3.05, 3.63) is 65.5 Å². The van der Waals surface area contributed by atoms with Crippen LogP contribution < -0.4 is 5.32 Å². The summed E-state index contributed by atoms with van der Waals surface area (Å²) < 4.78 is 26.1. The summed E-state index contributed by atoms with van der Waals surface area (Å²) in [5.41, 5.74) is 0.527. The first-order chi connectivity index (χ1) is 8.68. The van der Waals surface area contributed by atoms with Crippen LogP contribution in [0.3, 0.4) is 0 Å². The van der Waals surface area contributed by atoms with Crippen LogP contribution in [0.5, 0.6) is 0 Å². The van der Waals surface area contributed by atoms with Gasteiger partial charge in [-0.25, -0.2) is 9.37 Å². The van der Waals surface area contributed by atoms with Gasteiger partial charge in [0.05, 0.1) is 5.56 Å². The van der Waals surface area contributed by atoms with Gasteiger partial charge in [-0.15, -0.1) is 0 Å². The van der Waals surface area contributed by atoms with E-state index in [1.54, 1.807) is 0 Å². The Balaban J connectivity index is 2.07. The smallest absolute Gasteiger partial charge is 0.254 e. The lowest BCUT2D eigenvalue weighted by Crippen LogP contribution is -2.24. The zero-order valence-corrected chi connectivity index (χ0v) is 9.36. The number of carbonyl (C=O) groups excluding carboxylic acids is 1. The molecule has 92 valence electrons. The number of hydrogen-bond acceptors (Lipinski definition) is 2. The van der Waals surface area contributed by atoms with E-state index in [1.165, 1.54) is 0 Å². The normalized spacial score (nSPS) is 10.1. The average molecular weight is 248 g/mol. The molecule has 0 spiro atoms. The largest absolute Gasteiger partial charge is 0.348 e. The van der Waals surface area contributed by atoms with Gasteiger partial charge in [0.2, 0.25) is 5.95 Å². The third-order valence-electron chi connectivity index (χ3n) is 2.39. The molecule has 0 fully saturated rings. The second-order valence-electron chi connectivity index (χ2n) is 3.63. The second kappa shape index (κ2) is 5.35. The van der Waals surface area contributed by atoms with Crippen LogP contribution in [0.1, 0.15) is 15.9 Å². The van der Waals surface area contributed by atoms with Crippen LogP contribution >= 0.6 is 0 Å². The van der Waals surface area contributed by atoms with Crippen LogP contribution in [-0.2, 0) is 6.54 Å². The van der Waals surface area contributed by atoms with Crippen molar-refractivity contribution >= 4 is 5.91 Å². The van der Waals surface area contributed by atoms with Crippen molar-refractivity contribution in [1.29, 1.82) is 0 Å². The highest BCUT2D eigenvalue weighted by Crippen LogP contribution is 2.09. The molecular formula is C13H10F2N2O. The van der Waals surface area contributed by atoms with Gasteiger partial charge in [0.1, 0.15) is 0 Å². The Hall–Kier alpha value is -2.30. The summed E-state index contributed by atoms with van der Waals surface area (Å²) in [6.07, 6.45) is 1.05. The summed E-state index contributed by atoms with van der Waals surface area (Å²) in [6, 6.07) is 10.3. The van der Waals surface area contributed by atoms with Gasteiger partial charge >= 0.3 is 0 Å². The minimum Gasteiger partial charge on any atom is -0.348 e. The van der Waals surface area contributed by atoms with Gasteiger partial charge in [-0.05, 0) is 11.6 Å². The summed E-state index contributed by atoms with van der Waals surface area (Å²) >= 11 is 0. The predicted molar refractivity (Wildman–Crippen MR) is 61.8 cm³/mol. The molecule has 2 rings (SSSR count). The minimum absolute atomic E-state index is 0.253. The zero-order valence-electron chi connectivity index (χ0n) is 9.36. The van der Waals surface area contributed by atoms with Gasteiger partial charge in [-0.3, -0.25) is 4.79 Å². The van der Waals surface area contributed by atoms with Crippen molar-refractivity contribution in [2.45, 2.75) is 6.54 Å². The molecule has 1 heterocycles. The van der Waals surface area contributed by atoms with E-state index in [-0.39, 0.29) is 12.1 Å². The maximum Gasteiger partial charge on any atom is 0.254 e. The fourth-order valence-corrected chi connectivity index (χ4v) is 1.47. The summed E-state index contributed by atoms with van der Waals surface area (Å²) in [7, 11) is 0. The molecule has 0 atom stereocenters. The number of benzene rings is 1. The Morgan fingerprint density at radius 1 is 1.17 bits per heavy atom. The molecule has 5 heteroatoms. The lowest BCUT2D eigenvalue weighted by Gasteiger charge is -2.06. The molecule has 1 N–H and O–H groups in total. The van der Waals surface area contributed by atoms with Gasteiger partial charge < -0.3 is 5.32 Å². The molecule has 3 nitrogen and oxygen atoms in total. The number of rotatable bonds is 3. The summed E-state index contributed by atoms with van der Waals surface area (Å²) in [4.78, 5) is 14.8. The third kappa shape index (κ3) is 2.68. The number of amides is 1. The van der Waals surface area contributed by atoms with E-state index in [0.29, 0.717) is 0 Å². The highest BCUT2D eigenvalue weighted by molar-refractivity contribution is 5.94. The van der Waals surface area contributed by atoms with Crippen LogP contribution in [0.15, 0.2) is 42.6 Å². The lowest BCUT2D eigenvalue weighted by molar-refractivity contribution is 0.0945. The number of nitrogens with one attached hydrogen (secondary N) is 1. The maximum atomic E-state index is 13.3. The van der Waals surface area contributed by atoms with Crippen LogP contribution in [0.2, 0.25) is 0 Å². The molecule has 0 unspecified atom stereocenters. The molecule has 0 aliphatic rings. The first-order valence-corrected chi connectivity index (χ1v) is 5.30. The first kappa shape index (κ1) is 12.2. The topological polar surface area (TPSA) is 42.0 Å². The Kier molecular flexibility index (Phi) is 3.62. The third-order valence-corrected chi connectivity index (χ3v) is 2.39. The van der Waals surface area contributed by atoms with Gasteiger partial charge in [0.25, 0.3) is 5.91 Å². The summed E-state index contributed by atoms with van der Waals surface area (Å²) in [5, 5.41) is 2.51. The monoisotopic (exact) mass is 248 g/mol. The number of hydrogen-bond donors (Lipinski definition) is 1. The van der Waals surface area contributed by atoms with E-state index in [9.17, 15) is 13.6 Å². The molecule has 0 saturated heterocycles. The average Bonchev–Trinajstić information content (AvgIpc) is 2.40. The first-order valence-electron chi connectivity index (χ1n) is 5.30. The van der Waals surface area contributed by atoms with Crippen molar-refractivity contribution < 1.29 is 13.6 Å². The molecule has 0 aliphatic heterocycles. The minimum atomic E-state index is -1.28. The van der Waals surface area contributed by atoms with Crippen molar-refractivity contribution in [3.8, 4) is 0 Å². The van der Waals surface area contributed by atoms with E-state index in [0.717, 1.165) is 17.8 Å². The molecule has 0 saturated carbocycles. The van der Waals surface area contributed by atoms with Crippen LogP contribution in [-0.4, -0.2) is 10.9 Å². The summed E-state index contributed by atoms with van der Waals surface area (Å²) in [5.74, 6) is -3.18. The zero-order chi connectivity index (χ0) is 13.0. The maximum absolute atomic E-state index is 13.3. The number of pyridine rings is 1. The fourth-order valence-electron chi connectivity index (χ4n) is 1.47. The molecule has 1 amide bonds. The van der Waals surface area contributed by atoms with E-state index < -0.39 is 17.7 Å². The Labute approximate surface area is 102 Å².